The number of esters is 1. The summed E-state index contributed by atoms with van der Waals surface area (Å²) in [6.45, 7) is 0.699. The molecule has 0 radical (unpaired) electrons. The van der Waals surface area contributed by atoms with Crippen LogP contribution in [0.25, 0.3) is 0 Å². The number of halogens is 11. The third-order valence-electron chi connectivity index (χ3n) is 3.55. The molecule has 1 saturated carbocycles. The van der Waals surface area contributed by atoms with Crippen molar-refractivity contribution < 1.29 is 57.8 Å². The number of carbonyl (C=O) groups excluding carboxylic acids is 1. The third kappa shape index (κ3) is 2.11. The molecule has 0 spiro atoms. The maximum Gasteiger partial charge on any atom is 0.384 e. The summed E-state index contributed by atoms with van der Waals surface area (Å²) in [6.07, 6.45) is -4.33. The van der Waals surface area contributed by atoms with Crippen LogP contribution in [0.15, 0.2) is 0 Å². The molecule has 1 rings (SSSR count). The average Bonchev–Trinajstić information content (AvgIpc) is 2.42. The van der Waals surface area contributed by atoms with Gasteiger partial charge in [-0.25, -0.2) is 4.39 Å². The molecule has 1 fully saturated rings. The van der Waals surface area contributed by atoms with E-state index in [1.54, 1.807) is 0 Å². The Bertz CT molecular complexity index is 484. The molecule has 0 N–H and O–H groups in total. The highest BCUT2D eigenvalue weighted by molar-refractivity contribution is 5.69. The predicted molar refractivity (Wildman–Crippen MR) is 54.4 cm³/mol. The predicted octanol–water partition coefficient (Wildman–Crippen LogP) is 4.23. The van der Waals surface area contributed by atoms with Crippen molar-refractivity contribution in [1.82, 2.24) is 0 Å². The Morgan fingerprint density at radius 3 is 1.38 bits per heavy atom. The van der Waals surface area contributed by atoms with Gasteiger partial charge >= 0.3 is 35.6 Å². The Labute approximate surface area is 126 Å². The van der Waals surface area contributed by atoms with Crippen molar-refractivity contribution in [2.24, 2.45) is 0 Å². The molecule has 0 unspecified atom stereocenters. The Hall–Kier alpha value is -1.30. The summed E-state index contributed by atoms with van der Waals surface area (Å²) >= 11 is 0. The lowest BCUT2D eigenvalue weighted by atomic mass is 9.70. The highest BCUT2D eigenvalue weighted by Crippen LogP contribution is 2.70. The molecule has 0 atom stereocenters. The average molecular weight is 382 g/mol. The molecule has 0 amide bonds. The van der Waals surface area contributed by atoms with Crippen molar-refractivity contribution in [3.05, 3.63) is 0 Å². The van der Waals surface area contributed by atoms with Gasteiger partial charge in [-0.05, 0) is 6.92 Å². The summed E-state index contributed by atoms with van der Waals surface area (Å²) in [6, 6.07) is 0. The molecule has 0 aromatic rings. The van der Waals surface area contributed by atoms with Crippen molar-refractivity contribution >= 4 is 5.97 Å². The van der Waals surface area contributed by atoms with Crippen LogP contribution in [0.5, 0.6) is 0 Å². The third-order valence-corrected chi connectivity index (χ3v) is 3.55. The molecule has 24 heavy (non-hydrogen) atoms. The Balaban J connectivity index is 3.49. The number of carbonyl (C=O) groups is 1. The van der Waals surface area contributed by atoms with E-state index < -0.39 is 60.7 Å². The molecule has 2 nitrogen and oxygen atoms in total. The summed E-state index contributed by atoms with van der Waals surface area (Å²) in [5.74, 6) is -37.0. The SMILES string of the molecule is CCOC(=O)CCC1(F)C(F)(F)C(F)(F)C(F)(F)C(F)(F)C1(F)F. The van der Waals surface area contributed by atoms with Gasteiger partial charge in [0.1, 0.15) is 0 Å². The van der Waals surface area contributed by atoms with Gasteiger partial charge in [0.2, 0.25) is 5.67 Å². The first kappa shape index (κ1) is 20.7. The van der Waals surface area contributed by atoms with Gasteiger partial charge in [0.05, 0.1) is 6.61 Å². The van der Waals surface area contributed by atoms with Gasteiger partial charge in [-0.3, -0.25) is 4.79 Å². The Kier molecular flexibility index (Phi) is 4.62. The molecule has 1 aliphatic carbocycles. The van der Waals surface area contributed by atoms with Crippen LogP contribution >= 0.6 is 0 Å². The zero-order valence-corrected chi connectivity index (χ0v) is 11.6. The van der Waals surface area contributed by atoms with Crippen molar-refractivity contribution in [2.75, 3.05) is 6.61 Å². The summed E-state index contributed by atoms with van der Waals surface area (Å²) < 4.78 is 150. The van der Waals surface area contributed by atoms with Crippen LogP contribution < -0.4 is 0 Å². The lowest BCUT2D eigenvalue weighted by molar-refractivity contribution is -0.485. The normalized spacial score (nSPS) is 28.2. The Morgan fingerprint density at radius 2 is 1.04 bits per heavy atom. The van der Waals surface area contributed by atoms with Gasteiger partial charge in [-0.15, -0.1) is 0 Å². The summed E-state index contributed by atoms with van der Waals surface area (Å²) in [5, 5.41) is 0. The van der Waals surface area contributed by atoms with E-state index in [1.807, 2.05) is 0 Å². The van der Waals surface area contributed by atoms with E-state index in [4.69, 9.17) is 0 Å². The molecule has 0 aromatic carbocycles. The van der Waals surface area contributed by atoms with E-state index in [9.17, 15) is 53.1 Å². The topological polar surface area (TPSA) is 26.3 Å². The first-order valence-electron chi connectivity index (χ1n) is 6.19. The van der Waals surface area contributed by atoms with Crippen molar-refractivity contribution in [3.8, 4) is 0 Å². The molecule has 0 heterocycles. The van der Waals surface area contributed by atoms with Crippen molar-refractivity contribution in [1.29, 1.82) is 0 Å². The number of rotatable bonds is 4. The number of hydrogen-bond donors (Lipinski definition) is 0. The molecule has 0 aromatic heterocycles. The summed E-state index contributed by atoms with van der Waals surface area (Å²) in [4.78, 5) is 10.9. The first-order chi connectivity index (χ1) is 10.5. The minimum atomic E-state index is -7.24. The van der Waals surface area contributed by atoms with Gasteiger partial charge in [0.15, 0.2) is 0 Å². The molecule has 1 aliphatic rings. The number of ether oxygens (including phenoxy) is 1. The van der Waals surface area contributed by atoms with Crippen molar-refractivity contribution in [2.45, 2.75) is 55.0 Å². The maximum absolute atomic E-state index is 14.1. The fourth-order valence-electron chi connectivity index (χ4n) is 2.11. The second kappa shape index (κ2) is 5.35. The zero-order valence-electron chi connectivity index (χ0n) is 11.6. The molecule has 0 aliphatic heterocycles. The van der Waals surface area contributed by atoms with Gasteiger partial charge in [0, 0.05) is 12.8 Å². The fraction of sp³-hybridized carbons (Fsp3) is 0.909. The largest absolute Gasteiger partial charge is 0.466 e. The minimum absolute atomic E-state index is 0.449. The van der Waals surface area contributed by atoms with Crippen LogP contribution in [0.2, 0.25) is 0 Å². The Morgan fingerprint density at radius 1 is 0.708 bits per heavy atom. The van der Waals surface area contributed by atoms with E-state index in [0.717, 1.165) is 6.92 Å². The van der Waals surface area contributed by atoms with Crippen LogP contribution in [0.4, 0.5) is 48.3 Å². The second-order valence-corrected chi connectivity index (χ2v) is 4.98. The molecular weight excluding hydrogens is 373 g/mol. The second-order valence-electron chi connectivity index (χ2n) is 4.98. The van der Waals surface area contributed by atoms with Gasteiger partial charge in [0.25, 0.3) is 0 Å². The van der Waals surface area contributed by atoms with E-state index in [0.29, 0.717) is 0 Å². The highest BCUT2D eigenvalue weighted by atomic mass is 19.4. The summed E-state index contributed by atoms with van der Waals surface area (Å²) in [7, 11) is 0. The smallest absolute Gasteiger partial charge is 0.384 e. The molecule has 13 heteroatoms. The van der Waals surface area contributed by atoms with Crippen LogP contribution in [-0.4, -0.2) is 47.9 Å². The van der Waals surface area contributed by atoms with Crippen LogP contribution in [-0.2, 0) is 9.53 Å². The number of hydrogen-bond acceptors (Lipinski definition) is 2. The van der Waals surface area contributed by atoms with Gasteiger partial charge in [-0.2, -0.15) is 43.9 Å². The van der Waals surface area contributed by atoms with Crippen LogP contribution in [0.1, 0.15) is 19.8 Å². The van der Waals surface area contributed by atoms with Crippen LogP contribution in [0.3, 0.4) is 0 Å². The van der Waals surface area contributed by atoms with E-state index in [2.05, 4.69) is 4.74 Å². The number of alkyl halides is 11. The molecule has 0 saturated heterocycles. The van der Waals surface area contributed by atoms with E-state index >= 15 is 0 Å². The van der Waals surface area contributed by atoms with Crippen LogP contribution in [0, 0.1) is 0 Å². The highest BCUT2D eigenvalue weighted by Gasteiger charge is 3.00. The van der Waals surface area contributed by atoms with Crippen molar-refractivity contribution in [3.63, 3.8) is 0 Å². The maximum atomic E-state index is 14.1. The quantitative estimate of drug-likeness (QED) is 0.538. The van der Waals surface area contributed by atoms with Gasteiger partial charge in [-0.1, -0.05) is 0 Å². The molecule has 142 valence electrons. The first-order valence-corrected chi connectivity index (χ1v) is 6.19. The summed E-state index contributed by atoms with van der Waals surface area (Å²) in [5.41, 5.74) is -6.12. The van der Waals surface area contributed by atoms with E-state index in [-0.39, 0.29) is 0 Å². The zero-order chi connectivity index (χ0) is 19.4. The fourth-order valence-corrected chi connectivity index (χ4v) is 2.11. The standard InChI is InChI=1S/C11H9F11O2/c1-2-24-5(23)3-4-6(12)7(13,14)9(17,18)11(21,22)10(19,20)8(6,15)16/h2-4H2,1H3. The van der Waals surface area contributed by atoms with Gasteiger partial charge < -0.3 is 4.74 Å². The monoisotopic (exact) mass is 382 g/mol. The molecular formula is C11H9F11O2. The lowest BCUT2D eigenvalue weighted by Gasteiger charge is -2.52. The molecule has 0 bridgehead atoms. The lowest BCUT2D eigenvalue weighted by Crippen LogP contribution is -2.83. The van der Waals surface area contributed by atoms with E-state index in [1.165, 1.54) is 0 Å². The minimum Gasteiger partial charge on any atom is -0.466 e.